The van der Waals surface area contributed by atoms with E-state index in [1.807, 2.05) is 23.9 Å². The summed E-state index contributed by atoms with van der Waals surface area (Å²) in [6.45, 7) is 3.36. The summed E-state index contributed by atoms with van der Waals surface area (Å²) in [7, 11) is 0. The zero-order valence-corrected chi connectivity index (χ0v) is 10.1. The van der Waals surface area contributed by atoms with Crippen molar-refractivity contribution in [2.24, 2.45) is 0 Å². The quantitative estimate of drug-likeness (QED) is 0.885. The van der Waals surface area contributed by atoms with E-state index >= 15 is 0 Å². The summed E-state index contributed by atoms with van der Waals surface area (Å²) in [6, 6.07) is 5.79. The van der Waals surface area contributed by atoms with Crippen LogP contribution in [0.25, 0.3) is 0 Å². The van der Waals surface area contributed by atoms with Gasteiger partial charge in [0, 0.05) is 25.0 Å². The fourth-order valence-electron chi connectivity index (χ4n) is 1.73. The van der Waals surface area contributed by atoms with Gasteiger partial charge in [-0.1, -0.05) is 6.07 Å². The molecule has 1 aromatic carbocycles. The average Bonchev–Trinajstić information content (AvgIpc) is 2.85. The molecule has 2 rings (SSSR count). The van der Waals surface area contributed by atoms with Gasteiger partial charge in [-0.15, -0.1) is 0 Å². The molecular weight excluding hydrogens is 236 g/mol. The van der Waals surface area contributed by atoms with Crippen molar-refractivity contribution >= 4 is 0 Å². The maximum absolute atomic E-state index is 13.1. The van der Waals surface area contributed by atoms with Crippen LogP contribution in [0, 0.1) is 11.6 Å². The highest BCUT2D eigenvalue weighted by atomic mass is 19.2. The zero-order chi connectivity index (χ0) is 13.0. The highest BCUT2D eigenvalue weighted by Crippen LogP contribution is 2.15. The molecule has 2 aromatic rings. The van der Waals surface area contributed by atoms with Crippen molar-refractivity contribution in [3.8, 4) is 0 Å². The fraction of sp³-hybridized carbons (Fsp3) is 0.308. The molecule has 1 N–H and O–H groups in total. The second kappa shape index (κ2) is 5.73. The first-order chi connectivity index (χ1) is 8.66. The van der Waals surface area contributed by atoms with Crippen molar-refractivity contribution in [1.29, 1.82) is 0 Å². The first kappa shape index (κ1) is 12.7. The van der Waals surface area contributed by atoms with Crippen molar-refractivity contribution in [2.75, 3.05) is 6.54 Å². The third kappa shape index (κ3) is 3.13. The Morgan fingerprint density at radius 1 is 1.33 bits per heavy atom. The lowest BCUT2D eigenvalue weighted by Gasteiger charge is -2.14. The molecule has 3 nitrogen and oxygen atoms in total. The van der Waals surface area contributed by atoms with Gasteiger partial charge in [0.1, 0.15) is 0 Å². The van der Waals surface area contributed by atoms with Crippen LogP contribution in [-0.2, 0) is 6.54 Å². The van der Waals surface area contributed by atoms with E-state index in [9.17, 15) is 8.78 Å². The van der Waals surface area contributed by atoms with Crippen molar-refractivity contribution in [3.05, 3.63) is 53.9 Å². The van der Waals surface area contributed by atoms with E-state index in [0.29, 0.717) is 6.54 Å². The van der Waals surface area contributed by atoms with E-state index < -0.39 is 11.6 Å². The van der Waals surface area contributed by atoms with Crippen molar-refractivity contribution in [2.45, 2.75) is 19.5 Å². The van der Waals surface area contributed by atoms with Gasteiger partial charge in [-0.3, -0.25) is 4.68 Å². The third-order valence-corrected chi connectivity index (χ3v) is 2.79. The number of halogens is 2. The molecule has 0 radical (unpaired) electrons. The van der Waals surface area contributed by atoms with Crippen molar-refractivity contribution < 1.29 is 8.78 Å². The Labute approximate surface area is 104 Å². The number of rotatable bonds is 5. The van der Waals surface area contributed by atoms with Gasteiger partial charge in [0.2, 0.25) is 0 Å². The molecule has 1 atom stereocenters. The monoisotopic (exact) mass is 251 g/mol. The standard InChI is InChI=1S/C13H15F2N3/c1-10(11-3-4-12(14)13(15)9-11)16-6-8-18-7-2-5-17-18/h2-5,7,9-10,16H,6,8H2,1H3/t10-/m0/s1. The van der Waals surface area contributed by atoms with Crippen LogP contribution in [-0.4, -0.2) is 16.3 Å². The second-order valence-electron chi connectivity index (χ2n) is 4.12. The van der Waals surface area contributed by atoms with Crippen molar-refractivity contribution in [1.82, 2.24) is 15.1 Å². The van der Waals surface area contributed by atoms with Crippen molar-refractivity contribution in [3.63, 3.8) is 0 Å². The minimum absolute atomic E-state index is 0.0318. The van der Waals surface area contributed by atoms with Crippen LogP contribution in [0.2, 0.25) is 0 Å². The summed E-state index contributed by atoms with van der Waals surface area (Å²) < 4.78 is 27.7. The molecule has 0 saturated carbocycles. The number of aromatic nitrogens is 2. The molecule has 0 aliphatic carbocycles. The number of nitrogens with zero attached hydrogens (tertiary/aromatic N) is 2. The zero-order valence-electron chi connectivity index (χ0n) is 10.1. The van der Waals surface area contributed by atoms with Gasteiger partial charge in [0.05, 0.1) is 6.54 Å². The summed E-state index contributed by atoms with van der Waals surface area (Å²) >= 11 is 0. The Morgan fingerprint density at radius 3 is 2.83 bits per heavy atom. The SMILES string of the molecule is C[C@H](NCCn1cccn1)c1ccc(F)c(F)c1. The molecule has 5 heteroatoms. The first-order valence-electron chi connectivity index (χ1n) is 5.82. The summed E-state index contributed by atoms with van der Waals surface area (Å²) in [5, 5.41) is 7.31. The molecule has 96 valence electrons. The first-order valence-corrected chi connectivity index (χ1v) is 5.82. The molecule has 0 bridgehead atoms. The van der Waals surface area contributed by atoms with Crippen LogP contribution >= 0.6 is 0 Å². The topological polar surface area (TPSA) is 29.9 Å². The van der Waals surface area contributed by atoms with Crippen LogP contribution in [0.4, 0.5) is 8.78 Å². The van der Waals surface area contributed by atoms with E-state index in [2.05, 4.69) is 10.4 Å². The number of hydrogen-bond acceptors (Lipinski definition) is 2. The largest absolute Gasteiger partial charge is 0.308 e. The lowest BCUT2D eigenvalue weighted by atomic mass is 10.1. The van der Waals surface area contributed by atoms with Gasteiger partial charge < -0.3 is 5.32 Å². The Balaban J connectivity index is 1.87. The Bertz CT molecular complexity index is 497. The molecule has 0 aliphatic rings. The molecule has 0 amide bonds. The summed E-state index contributed by atoms with van der Waals surface area (Å²) in [4.78, 5) is 0. The normalized spacial score (nSPS) is 12.6. The van der Waals surface area contributed by atoms with Gasteiger partial charge in [0.25, 0.3) is 0 Å². The summed E-state index contributed by atoms with van der Waals surface area (Å²) in [5.41, 5.74) is 0.731. The van der Waals surface area contributed by atoms with Gasteiger partial charge in [-0.05, 0) is 30.7 Å². The van der Waals surface area contributed by atoms with Gasteiger partial charge in [-0.25, -0.2) is 8.78 Å². The number of hydrogen-bond donors (Lipinski definition) is 1. The Kier molecular flexibility index (Phi) is 4.04. The van der Waals surface area contributed by atoms with Crippen LogP contribution in [0.3, 0.4) is 0 Å². The molecule has 0 aliphatic heterocycles. The molecule has 0 saturated heterocycles. The van der Waals surface area contributed by atoms with E-state index in [1.165, 1.54) is 6.07 Å². The predicted octanol–water partition coefficient (Wildman–Crippen LogP) is 2.51. The Hall–Kier alpha value is -1.75. The van der Waals surface area contributed by atoms with E-state index in [4.69, 9.17) is 0 Å². The van der Waals surface area contributed by atoms with E-state index in [0.717, 1.165) is 18.2 Å². The Morgan fingerprint density at radius 2 is 2.17 bits per heavy atom. The summed E-state index contributed by atoms with van der Waals surface area (Å²) in [5.74, 6) is -1.63. The average molecular weight is 251 g/mol. The highest BCUT2D eigenvalue weighted by Gasteiger charge is 2.08. The minimum Gasteiger partial charge on any atom is -0.308 e. The lowest BCUT2D eigenvalue weighted by Crippen LogP contribution is -2.23. The molecule has 0 unspecified atom stereocenters. The smallest absolute Gasteiger partial charge is 0.159 e. The molecule has 1 heterocycles. The number of benzene rings is 1. The highest BCUT2D eigenvalue weighted by molar-refractivity contribution is 5.20. The molecule has 1 aromatic heterocycles. The van der Waals surface area contributed by atoms with Crippen LogP contribution in [0.5, 0.6) is 0 Å². The molecule has 0 fully saturated rings. The second-order valence-corrected chi connectivity index (χ2v) is 4.12. The molecule has 18 heavy (non-hydrogen) atoms. The van der Waals surface area contributed by atoms with E-state index in [-0.39, 0.29) is 6.04 Å². The third-order valence-electron chi connectivity index (χ3n) is 2.79. The lowest BCUT2D eigenvalue weighted by molar-refractivity contribution is 0.490. The number of nitrogens with one attached hydrogen (secondary N) is 1. The molecular formula is C13H15F2N3. The molecule has 0 spiro atoms. The maximum Gasteiger partial charge on any atom is 0.159 e. The fourth-order valence-corrected chi connectivity index (χ4v) is 1.73. The maximum atomic E-state index is 13.1. The van der Waals surface area contributed by atoms with Crippen LogP contribution < -0.4 is 5.32 Å². The van der Waals surface area contributed by atoms with Crippen LogP contribution in [0.1, 0.15) is 18.5 Å². The van der Waals surface area contributed by atoms with Crippen LogP contribution in [0.15, 0.2) is 36.7 Å². The van der Waals surface area contributed by atoms with Gasteiger partial charge in [0.15, 0.2) is 11.6 Å². The van der Waals surface area contributed by atoms with Gasteiger partial charge >= 0.3 is 0 Å². The summed E-state index contributed by atoms with van der Waals surface area (Å²) in [6.07, 6.45) is 3.60. The van der Waals surface area contributed by atoms with E-state index in [1.54, 1.807) is 12.3 Å². The predicted molar refractivity (Wildman–Crippen MR) is 65.0 cm³/mol. The van der Waals surface area contributed by atoms with Gasteiger partial charge in [-0.2, -0.15) is 5.10 Å². The minimum atomic E-state index is -0.817.